The zero-order chi connectivity index (χ0) is 8.59. The van der Waals surface area contributed by atoms with Gasteiger partial charge >= 0.3 is 0 Å². The van der Waals surface area contributed by atoms with Gasteiger partial charge < -0.3 is 5.73 Å². The zero-order valence-corrected chi connectivity index (χ0v) is 8.78. The van der Waals surface area contributed by atoms with Crippen LogP contribution in [-0.4, -0.2) is 0 Å². The molecular weight excluding hydrogens is 224 g/mol. The van der Waals surface area contributed by atoms with Crippen molar-refractivity contribution in [1.29, 1.82) is 0 Å². The van der Waals surface area contributed by atoms with Crippen LogP contribution in [0.25, 0.3) is 0 Å². The molecule has 62 valence electrons. The maximum absolute atomic E-state index is 5.82. The van der Waals surface area contributed by atoms with Gasteiger partial charge in [-0.25, -0.2) is 0 Å². The van der Waals surface area contributed by atoms with Gasteiger partial charge in [-0.1, -0.05) is 34.8 Å². The number of hydrogen-bond donors (Lipinski definition) is 1. The topological polar surface area (TPSA) is 26.0 Å². The molecule has 0 fully saturated rings. The van der Waals surface area contributed by atoms with Crippen molar-refractivity contribution >= 4 is 46.1 Å². The fraction of sp³-hybridized carbons (Fsp3) is 0.333. The van der Waals surface area contributed by atoms with Crippen molar-refractivity contribution in [2.45, 2.75) is 13.0 Å². The molecule has 0 radical (unpaired) electrons. The van der Waals surface area contributed by atoms with Crippen molar-refractivity contribution in [2.24, 2.45) is 5.73 Å². The molecule has 1 atom stereocenters. The van der Waals surface area contributed by atoms with Gasteiger partial charge in [-0.05, 0) is 6.92 Å². The fourth-order valence-corrected chi connectivity index (χ4v) is 2.54. The summed E-state index contributed by atoms with van der Waals surface area (Å²) in [5.74, 6) is 0. The second-order valence-corrected chi connectivity index (χ2v) is 4.57. The summed E-state index contributed by atoms with van der Waals surface area (Å²) in [7, 11) is 0. The second-order valence-electron chi connectivity index (χ2n) is 2.16. The monoisotopic (exact) mass is 229 g/mol. The molecule has 1 aromatic heterocycles. The van der Waals surface area contributed by atoms with Crippen LogP contribution in [0.1, 0.15) is 17.8 Å². The summed E-state index contributed by atoms with van der Waals surface area (Å²) in [6, 6.07) is -0.113. The van der Waals surface area contributed by atoms with Crippen molar-refractivity contribution in [3.05, 3.63) is 19.3 Å². The molecule has 0 spiro atoms. The highest BCUT2D eigenvalue weighted by Gasteiger charge is 2.15. The third-order valence-electron chi connectivity index (χ3n) is 1.19. The molecular formula is C6H6Cl3NS. The predicted octanol–water partition coefficient (Wildman–Crippen LogP) is 3.73. The first-order valence-electron chi connectivity index (χ1n) is 2.92. The molecule has 0 amide bonds. The van der Waals surface area contributed by atoms with Crippen LogP contribution in [0.4, 0.5) is 0 Å². The Balaban J connectivity index is 3.19. The van der Waals surface area contributed by atoms with E-state index < -0.39 is 0 Å². The quantitative estimate of drug-likeness (QED) is 0.782. The molecule has 0 unspecified atom stereocenters. The molecule has 0 aliphatic carbocycles. The van der Waals surface area contributed by atoms with Gasteiger partial charge in [0.15, 0.2) is 0 Å². The average molecular weight is 231 g/mol. The lowest BCUT2D eigenvalue weighted by Gasteiger charge is -1.99. The van der Waals surface area contributed by atoms with Crippen LogP contribution >= 0.6 is 46.1 Å². The van der Waals surface area contributed by atoms with Gasteiger partial charge in [0, 0.05) is 10.9 Å². The first-order chi connectivity index (χ1) is 5.04. The smallest absolute Gasteiger partial charge is 0.113 e. The standard InChI is InChI=1S/C6H6Cl3NS/c1-2(10)5-3(7)4(8)6(9)11-5/h2H,10H2,1H3/t2-/m1/s1. The first kappa shape index (κ1) is 9.62. The maximum Gasteiger partial charge on any atom is 0.113 e. The maximum atomic E-state index is 5.82. The molecule has 0 bridgehead atoms. The molecule has 1 rings (SSSR count). The molecule has 5 heteroatoms. The van der Waals surface area contributed by atoms with E-state index in [0.717, 1.165) is 4.88 Å². The Kier molecular flexibility index (Phi) is 3.06. The largest absolute Gasteiger partial charge is 0.323 e. The van der Waals surface area contributed by atoms with Crippen LogP contribution < -0.4 is 5.73 Å². The molecule has 11 heavy (non-hydrogen) atoms. The summed E-state index contributed by atoms with van der Waals surface area (Å²) in [5, 5.41) is 0.891. The third kappa shape index (κ3) is 1.82. The van der Waals surface area contributed by atoms with Crippen LogP contribution in [0.2, 0.25) is 14.4 Å². The van der Waals surface area contributed by atoms with Crippen molar-refractivity contribution in [2.75, 3.05) is 0 Å². The van der Waals surface area contributed by atoms with E-state index in [2.05, 4.69) is 0 Å². The Morgan fingerprint density at radius 2 is 1.82 bits per heavy atom. The molecule has 1 aromatic rings. The summed E-state index contributed by atoms with van der Waals surface area (Å²) in [4.78, 5) is 0.835. The van der Waals surface area contributed by atoms with E-state index in [4.69, 9.17) is 40.5 Å². The lowest BCUT2D eigenvalue weighted by atomic mass is 10.3. The minimum Gasteiger partial charge on any atom is -0.323 e. The van der Waals surface area contributed by atoms with Gasteiger partial charge in [0.25, 0.3) is 0 Å². The Bertz CT molecular complexity index is 269. The summed E-state index contributed by atoms with van der Waals surface area (Å²) in [5.41, 5.74) is 5.61. The number of nitrogens with two attached hydrogens (primary N) is 1. The summed E-state index contributed by atoms with van der Waals surface area (Å²) in [6.07, 6.45) is 0. The van der Waals surface area contributed by atoms with E-state index in [-0.39, 0.29) is 6.04 Å². The van der Waals surface area contributed by atoms with Crippen LogP contribution in [-0.2, 0) is 0 Å². The van der Waals surface area contributed by atoms with E-state index in [0.29, 0.717) is 14.4 Å². The van der Waals surface area contributed by atoms with Crippen molar-refractivity contribution < 1.29 is 0 Å². The van der Waals surface area contributed by atoms with E-state index in [9.17, 15) is 0 Å². The SMILES string of the molecule is C[C@@H](N)c1sc(Cl)c(Cl)c1Cl. The lowest BCUT2D eigenvalue weighted by molar-refractivity contribution is 0.839. The summed E-state index contributed by atoms with van der Waals surface area (Å²) < 4.78 is 0.504. The van der Waals surface area contributed by atoms with Gasteiger partial charge in [-0.2, -0.15) is 0 Å². The summed E-state index contributed by atoms with van der Waals surface area (Å²) in [6.45, 7) is 1.84. The van der Waals surface area contributed by atoms with Gasteiger partial charge in [0.2, 0.25) is 0 Å². The van der Waals surface area contributed by atoms with Gasteiger partial charge in [0.05, 0.1) is 10.0 Å². The Labute approximate surface area is 84.1 Å². The average Bonchev–Trinajstić information content (AvgIpc) is 2.17. The molecule has 1 heterocycles. The van der Waals surface area contributed by atoms with Crippen LogP contribution in [0, 0.1) is 0 Å². The highest BCUT2D eigenvalue weighted by atomic mass is 35.5. The number of rotatable bonds is 1. The van der Waals surface area contributed by atoms with Crippen LogP contribution in [0.15, 0.2) is 0 Å². The number of halogens is 3. The minimum atomic E-state index is -0.113. The molecule has 0 saturated carbocycles. The Morgan fingerprint density at radius 1 is 1.27 bits per heavy atom. The summed E-state index contributed by atoms with van der Waals surface area (Å²) >= 11 is 18.6. The molecule has 0 saturated heterocycles. The Hall–Kier alpha value is 0.530. The van der Waals surface area contributed by atoms with Gasteiger partial charge in [-0.3, -0.25) is 0 Å². The van der Waals surface area contributed by atoms with Gasteiger partial charge in [-0.15, -0.1) is 11.3 Å². The molecule has 2 N–H and O–H groups in total. The fourth-order valence-electron chi connectivity index (χ4n) is 0.673. The highest BCUT2D eigenvalue weighted by molar-refractivity contribution is 7.17. The minimum absolute atomic E-state index is 0.113. The highest BCUT2D eigenvalue weighted by Crippen LogP contribution is 2.42. The number of hydrogen-bond acceptors (Lipinski definition) is 2. The van der Waals surface area contributed by atoms with Crippen molar-refractivity contribution in [1.82, 2.24) is 0 Å². The van der Waals surface area contributed by atoms with E-state index in [1.807, 2.05) is 6.92 Å². The normalized spacial score (nSPS) is 13.5. The van der Waals surface area contributed by atoms with Gasteiger partial charge in [0.1, 0.15) is 4.34 Å². The molecule has 0 aliphatic heterocycles. The second kappa shape index (κ2) is 3.50. The van der Waals surface area contributed by atoms with Crippen LogP contribution in [0.5, 0.6) is 0 Å². The van der Waals surface area contributed by atoms with Crippen molar-refractivity contribution in [3.8, 4) is 0 Å². The zero-order valence-electron chi connectivity index (χ0n) is 5.70. The lowest BCUT2D eigenvalue weighted by Crippen LogP contribution is -2.02. The molecule has 1 nitrogen and oxygen atoms in total. The van der Waals surface area contributed by atoms with Crippen LogP contribution in [0.3, 0.4) is 0 Å². The van der Waals surface area contributed by atoms with E-state index >= 15 is 0 Å². The predicted molar refractivity (Wildman–Crippen MR) is 52.0 cm³/mol. The van der Waals surface area contributed by atoms with Crippen molar-refractivity contribution in [3.63, 3.8) is 0 Å². The molecule has 0 aromatic carbocycles. The van der Waals surface area contributed by atoms with E-state index in [1.54, 1.807) is 0 Å². The van der Waals surface area contributed by atoms with E-state index in [1.165, 1.54) is 11.3 Å². The molecule has 0 aliphatic rings. The third-order valence-corrected chi connectivity index (χ3v) is 3.98. The Morgan fingerprint density at radius 3 is 2.00 bits per heavy atom. The number of thiophene rings is 1. The first-order valence-corrected chi connectivity index (χ1v) is 4.87.